The molecule has 0 aliphatic carbocycles. The van der Waals surface area contributed by atoms with Gasteiger partial charge in [0.05, 0.1) is 7.11 Å². The number of methoxy groups -OCH3 is 1. The van der Waals surface area contributed by atoms with Gasteiger partial charge in [0, 0.05) is 17.8 Å². The molecule has 4 heteroatoms. The van der Waals surface area contributed by atoms with Crippen molar-refractivity contribution < 1.29 is 4.74 Å². The molecule has 0 unspecified atom stereocenters. The summed E-state index contributed by atoms with van der Waals surface area (Å²) >= 11 is 0. The third kappa shape index (κ3) is 2.21. The summed E-state index contributed by atoms with van der Waals surface area (Å²) in [6, 6.07) is 1.80. The molecule has 0 amide bonds. The molecule has 1 aliphatic rings. The highest BCUT2D eigenvalue weighted by Gasteiger charge is 2.19. The molecule has 1 saturated heterocycles. The number of nitrogens with two attached hydrogens (primary N) is 1. The molecule has 15 heavy (non-hydrogen) atoms. The molecular formula is C11H17N3O. The van der Waals surface area contributed by atoms with Crippen molar-refractivity contribution >= 4 is 5.82 Å². The standard InChI is InChI=1S/C11H17N3O/c1-15-10-6-11(12)14-7-9(10)8-2-4-13-5-3-8/h6-8,13H,2-5H2,1H3,(H2,12,14). The van der Waals surface area contributed by atoms with E-state index in [2.05, 4.69) is 10.3 Å². The maximum absolute atomic E-state index is 5.63. The molecule has 1 aromatic rings. The maximum Gasteiger partial charge on any atom is 0.127 e. The molecule has 0 bridgehead atoms. The lowest BCUT2D eigenvalue weighted by molar-refractivity contribution is 0.391. The molecule has 3 N–H and O–H groups in total. The van der Waals surface area contributed by atoms with Gasteiger partial charge in [0.2, 0.25) is 0 Å². The van der Waals surface area contributed by atoms with Crippen LogP contribution in [-0.4, -0.2) is 25.2 Å². The molecule has 1 aliphatic heterocycles. The highest BCUT2D eigenvalue weighted by atomic mass is 16.5. The normalized spacial score (nSPS) is 17.7. The van der Waals surface area contributed by atoms with E-state index >= 15 is 0 Å². The zero-order valence-electron chi connectivity index (χ0n) is 8.99. The first-order valence-corrected chi connectivity index (χ1v) is 5.31. The third-order valence-corrected chi connectivity index (χ3v) is 2.92. The molecular weight excluding hydrogens is 190 g/mol. The van der Waals surface area contributed by atoms with Crippen LogP contribution in [0.1, 0.15) is 24.3 Å². The minimum atomic E-state index is 0.518. The Morgan fingerprint density at radius 2 is 2.20 bits per heavy atom. The van der Waals surface area contributed by atoms with Crippen LogP contribution in [0.25, 0.3) is 0 Å². The number of hydrogen-bond donors (Lipinski definition) is 2. The molecule has 2 rings (SSSR count). The summed E-state index contributed by atoms with van der Waals surface area (Å²) in [5.41, 5.74) is 6.82. The molecule has 0 radical (unpaired) electrons. The molecule has 4 nitrogen and oxygen atoms in total. The Hall–Kier alpha value is -1.29. The van der Waals surface area contributed by atoms with Crippen molar-refractivity contribution in [3.8, 4) is 5.75 Å². The molecule has 82 valence electrons. The number of nitrogens with zero attached hydrogens (tertiary/aromatic N) is 1. The number of nitrogen functional groups attached to an aromatic ring is 1. The van der Waals surface area contributed by atoms with E-state index in [0.717, 1.165) is 31.7 Å². The minimum absolute atomic E-state index is 0.518. The van der Waals surface area contributed by atoms with Crippen molar-refractivity contribution in [3.63, 3.8) is 0 Å². The predicted molar refractivity (Wildman–Crippen MR) is 60.0 cm³/mol. The zero-order chi connectivity index (χ0) is 10.7. The fourth-order valence-corrected chi connectivity index (χ4v) is 2.08. The molecule has 0 atom stereocenters. The third-order valence-electron chi connectivity index (χ3n) is 2.92. The quantitative estimate of drug-likeness (QED) is 0.763. The Balaban J connectivity index is 2.25. The van der Waals surface area contributed by atoms with Crippen molar-refractivity contribution in [1.29, 1.82) is 0 Å². The van der Waals surface area contributed by atoms with E-state index in [0.29, 0.717) is 11.7 Å². The lowest BCUT2D eigenvalue weighted by atomic mass is 9.91. The first-order chi connectivity index (χ1) is 7.31. The van der Waals surface area contributed by atoms with Gasteiger partial charge in [0.25, 0.3) is 0 Å². The van der Waals surface area contributed by atoms with E-state index in [-0.39, 0.29) is 0 Å². The predicted octanol–water partition coefficient (Wildman–Crippen LogP) is 1.14. The minimum Gasteiger partial charge on any atom is -0.496 e. The fraction of sp³-hybridized carbons (Fsp3) is 0.545. The van der Waals surface area contributed by atoms with Gasteiger partial charge in [0.15, 0.2) is 0 Å². The van der Waals surface area contributed by atoms with Gasteiger partial charge < -0.3 is 15.8 Å². The summed E-state index contributed by atoms with van der Waals surface area (Å²) < 4.78 is 5.34. The molecule has 0 saturated carbocycles. The fourth-order valence-electron chi connectivity index (χ4n) is 2.08. The summed E-state index contributed by atoms with van der Waals surface area (Å²) in [5, 5.41) is 3.35. The number of aromatic nitrogens is 1. The van der Waals surface area contributed by atoms with Crippen molar-refractivity contribution in [2.45, 2.75) is 18.8 Å². The van der Waals surface area contributed by atoms with Gasteiger partial charge in [-0.2, -0.15) is 0 Å². The number of ether oxygens (including phenoxy) is 1. The van der Waals surface area contributed by atoms with Gasteiger partial charge in [0.1, 0.15) is 11.6 Å². The van der Waals surface area contributed by atoms with Gasteiger partial charge >= 0.3 is 0 Å². The van der Waals surface area contributed by atoms with Crippen LogP contribution in [0, 0.1) is 0 Å². The Labute approximate surface area is 89.8 Å². The number of piperidine rings is 1. The largest absolute Gasteiger partial charge is 0.496 e. The second-order valence-corrected chi connectivity index (χ2v) is 3.88. The topological polar surface area (TPSA) is 60.2 Å². The van der Waals surface area contributed by atoms with Crippen molar-refractivity contribution in [1.82, 2.24) is 10.3 Å². The van der Waals surface area contributed by atoms with E-state index in [9.17, 15) is 0 Å². The van der Waals surface area contributed by atoms with Crippen LogP contribution in [0.2, 0.25) is 0 Å². The molecule has 0 aromatic carbocycles. The summed E-state index contributed by atoms with van der Waals surface area (Å²) in [7, 11) is 1.68. The van der Waals surface area contributed by atoms with Gasteiger partial charge in [-0.15, -0.1) is 0 Å². The van der Waals surface area contributed by atoms with E-state index in [1.54, 1.807) is 13.2 Å². The molecule has 0 spiro atoms. The maximum atomic E-state index is 5.63. The van der Waals surface area contributed by atoms with Gasteiger partial charge in [-0.25, -0.2) is 4.98 Å². The summed E-state index contributed by atoms with van der Waals surface area (Å²) in [6.07, 6.45) is 4.13. The number of anilines is 1. The number of hydrogen-bond acceptors (Lipinski definition) is 4. The van der Waals surface area contributed by atoms with Crippen LogP contribution in [0.15, 0.2) is 12.3 Å². The second kappa shape index (κ2) is 4.49. The molecule has 1 fully saturated rings. The Kier molecular flexibility index (Phi) is 3.06. The van der Waals surface area contributed by atoms with Crippen LogP contribution in [0.3, 0.4) is 0 Å². The first kappa shape index (κ1) is 10.2. The van der Waals surface area contributed by atoms with E-state index in [1.165, 1.54) is 5.56 Å². The first-order valence-electron chi connectivity index (χ1n) is 5.31. The van der Waals surface area contributed by atoms with E-state index < -0.39 is 0 Å². The van der Waals surface area contributed by atoms with Crippen LogP contribution in [-0.2, 0) is 0 Å². The Morgan fingerprint density at radius 3 is 2.87 bits per heavy atom. The monoisotopic (exact) mass is 207 g/mol. The average Bonchev–Trinajstić information content (AvgIpc) is 2.30. The van der Waals surface area contributed by atoms with Crippen LogP contribution in [0.5, 0.6) is 5.75 Å². The highest BCUT2D eigenvalue weighted by Crippen LogP contribution is 2.32. The van der Waals surface area contributed by atoms with Crippen LogP contribution >= 0.6 is 0 Å². The smallest absolute Gasteiger partial charge is 0.127 e. The lowest BCUT2D eigenvalue weighted by Gasteiger charge is -2.24. The van der Waals surface area contributed by atoms with E-state index in [1.807, 2.05) is 6.20 Å². The van der Waals surface area contributed by atoms with Crippen molar-refractivity contribution in [2.24, 2.45) is 0 Å². The number of rotatable bonds is 2. The van der Waals surface area contributed by atoms with Crippen LogP contribution in [0.4, 0.5) is 5.82 Å². The molecule has 2 heterocycles. The highest BCUT2D eigenvalue weighted by molar-refractivity contribution is 5.43. The lowest BCUT2D eigenvalue weighted by Crippen LogP contribution is -2.26. The van der Waals surface area contributed by atoms with Gasteiger partial charge in [-0.1, -0.05) is 0 Å². The average molecular weight is 207 g/mol. The van der Waals surface area contributed by atoms with Crippen LogP contribution < -0.4 is 15.8 Å². The summed E-state index contributed by atoms with van der Waals surface area (Å²) in [6.45, 7) is 2.14. The Bertz CT molecular complexity index is 335. The van der Waals surface area contributed by atoms with Gasteiger partial charge in [-0.05, 0) is 31.8 Å². The second-order valence-electron chi connectivity index (χ2n) is 3.88. The number of nitrogens with one attached hydrogen (secondary N) is 1. The summed E-state index contributed by atoms with van der Waals surface area (Å²) in [4.78, 5) is 4.14. The summed E-state index contributed by atoms with van der Waals surface area (Å²) in [5.74, 6) is 1.94. The van der Waals surface area contributed by atoms with E-state index in [4.69, 9.17) is 10.5 Å². The van der Waals surface area contributed by atoms with Crippen molar-refractivity contribution in [2.75, 3.05) is 25.9 Å². The molecule has 1 aromatic heterocycles. The van der Waals surface area contributed by atoms with Gasteiger partial charge in [-0.3, -0.25) is 0 Å². The SMILES string of the molecule is COc1cc(N)ncc1C1CCNCC1. The number of pyridine rings is 1. The van der Waals surface area contributed by atoms with Crippen molar-refractivity contribution in [3.05, 3.63) is 17.8 Å². The zero-order valence-corrected chi connectivity index (χ0v) is 8.99. The Morgan fingerprint density at radius 1 is 1.47 bits per heavy atom.